The average molecular weight is 268 g/mol. The number of nitrogens with one attached hydrogen (secondary N) is 2. The quantitative estimate of drug-likeness (QED) is 0.809. The standard InChI is InChI=1S/C15H28N2O2/c1-14(2,3)19-13(18)17-11-12-4-5-15(10-12)6-8-16-9-7-15/h12,16H,4-11H2,1-3H3,(H,17,18). The highest BCUT2D eigenvalue weighted by molar-refractivity contribution is 5.67. The van der Waals surface area contributed by atoms with Crippen LogP contribution in [0.4, 0.5) is 4.79 Å². The van der Waals surface area contributed by atoms with Crippen LogP contribution in [0, 0.1) is 11.3 Å². The predicted octanol–water partition coefficient (Wildman–Crippen LogP) is 2.68. The zero-order valence-corrected chi connectivity index (χ0v) is 12.6. The Morgan fingerprint density at radius 2 is 2.00 bits per heavy atom. The number of rotatable bonds is 2. The van der Waals surface area contributed by atoms with E-state index in [1.807, 2.05) is 20.8 Å². The number of carbonyl (C=O) groups excluding carboxylic acids is 1. The van der Waals surface area contributed by atoms with Crippen molar-refractivity contribution in [2.45, 2.75) is 58.5 Å². The predicted molar refractivity (Wildman–Crippen MR) is 76.1 cm³/mol. The maximum absolute atomic E-state index is 11.6. The summed E-state index contributed by atoms with van der Waals surface area (Å²) in [6, 6.07) is 0. The van der Waals surface area contributed by atoms with Crippen LogP contribution in [0.3, 0.4) is 0 Å². The second-order valence-corrected chi connectivity index (χ2v) is 7.24. The summed E-state index contributed by atoms with van der Waals surface area (Å²) in [7, 11) is 0. The van der Waals surface area contributed by atoms with Crippen molar-refractivity contribution >= 4 is 6.09 Å². The van der Waals surface area contributed by atoms with Crippen molar-refractivity contribution in [3.63, 3.8) is 0 Å². The molecule has 0 aromatic rings. The molecule has 1 amide bonds. The summed E-state index contributed by atoms with van der Waals surface area (Å²) in [5.74, 6) is 0.630. The Labute approximate surface area is 116 Å². The molecule has 0 aromatic carbocycles. The van der Waals surface area contributed by atoms with Gasteiger partial charge in [0.1, 0.15) is 5.60 Å². The van der Waals surface area contributed by atoms with Crippen LogP contribution in [0.15, 0.2) is 0 Å². The van der Waals surface area contributed by atoms with Gasteiger partial charge in [0, 0.05) is 6.54 Å². The summed E-state index contributed by atoms with van der Waals surface area (Å²) < 4.78 is 5.27. The number of ether oxygens (including phenoxy) is 1. The van der Waals surface area contributed by atoms with Gasteiger partial charge < -0.3 is 15.4 Å². The van der Waals surface area contributed by atoms with Crippen LogP contribution in [0.5, 0.6) is 0 Å². The SMILES string of the molecule is CC(C)(C)OC(=O)NCC1CCC2(CCNCC2)C1. The molecule has 0 aromatic heterocycles. The van der Waals surface area contributed by atoms with Gasteiger partial charge in [0.05, 0.1) is 0 Å². The van der Waals surface area contributed by atoms with E-state index in [4.69, 9.17) is 4.74 Å². The molecule has 1 aliphatic heterocycles. The minimum Gasteiger partial charge on any atom is -0.444 e. The summed E-state index contributed by atoms with van der Waals surface area (Å²) in [6.07, 6.45) is 6.17. The molecule has 2 aliphatic rings. The van der Waals surface area contributed by atoms with E-state index in [1.54, 1.807) is 0 Å². The van der Waals surface area contributed by atoms with Crippen molar-refractivity contribution in [3.8, 4) is 0 Å². The fraction of sp³-hybridized carbons (Fsp3) is 0.933. The molecule has 4 nitrogen and oxygen atoms in total. The van der Waals surface area contributed by atoms with E-state index in [1.165, 1.54) is 32.1 Å². The molecule has 110 valence electrons. The first-order chi connectivity index (χ1) is 8.89. The lowest BCUT2D eigenvalue weighted by atomic mass is 9.77. The molecule has 2 N–H and O–H groups in total. The topological polar surface area (TPSA) is 50.4 Å². The van der Waals surface area contributed by atoms with Crippen molar-refractivity contribution in [1.29, 1.82) is 0 Å². The second kappa shape index (κ2) is 5.70. The minimum atomic E-state index is -0.407. The molecule has 4 heteroatoms. The Hall–Kier alpha value is -0.770. The molecule has 1 unspecified atom stereocenters. The molecule has 1 saturated carbocycles. The van der Waals surface area contributed by atoms with Gasteiger partial charge in [0.15, 0.2) is 0 Å². The van der Waals surface area contributed by atoms with Crippen LogP contribution in [0.1, 0.15) is 52.9 Å². The third-order valence-electron chi connectivity index (χ3n) is 4.40. The van der Waals surface area contributed by atoms with Crippen molar-refractivity contribution in [1.82, 2.24) is 10.6 Å². The normalized spacial score (nSPS) is 26.4. The number of amides is 1. The number of carbonyl (C=O) groups is 1. The second-order valence-electron chi connectivity index (χ2n) is 7.24. The fourth-order valence-electron chi connectivity index (χ4n) is 3.45. The van der Waals surface area contributed by atoms with E-state index in [2.05, 4.69) is 10.6 Å². The molecule has 1 saturated heterocycles. The average Bonchev–Trinajstić information content (AvgIpc) is 2.69. The summed E-state index contributed by atoms with van der Waals surface area (Å²) in [5.41, 5.74) is 0.154. The third kappa shape index (κ3) is 4.37. The Balaban J connectivity index is 1.72. The van der Waals surface area contributed by atoms with E-state index >= 15 is 0 Å². The van der Waals surface area contributed by atoms with Gasteiger partial charge in [0.2, 0.25) is 0 Å². The number of hydrogen-bond donors (Lipinski definition) is 2. The van der Waals surface area contributed by atoms with Crippen molar-refractivity contribution in [2.75, 3.05) is 19.6 Å². The van der Waals surface area contributed by atoms with Gasteiger partial charge in [0.25, 0.3) is 0 Å². The van der Waals surface area contributed by atoms with Gasteiger partial charge >= 0.3 is 6.09 Å². The Morgan fingerprint density at radius 3 is 2.63 bits per heavy atom. The van der Waals surface area contributed by atoms with Gasteiger partial charge in [-0.05, 0) is 77.3 Å². The highest BCUT2D eigenvalue weighted by Gasteiger charge is 2.39. The highest BCUT2D eigenvalue weighted by atomic mass is 16.6. The first-order valence-corrected chi connectivity index (χ1v) is 7.56. The molecular weight excluding hydrogens is 240 g/mol. The zero-order valence-electron chi connectivity index (χ0n) is 12.6. The minimum absolute atomic E-state index is 0.279. The van der Waals surface area contributed by atoms with E-state index in [0.29, 0.717) is 11.3 Å². The Kier molecular flexibility index (Phi) is 4.39. The number of alkyl carbamates (subject to hydrolysis) is 1. The molecule has 1 heterocycles. The van der Waals surface area contributed by atoms with E-state index in [0.717, 1.165) is 19.6 Å². The molecular formula is C15H28N2O2. The van der Waals surface area contributed by atoms with Gasteiger partial charge in [-0.3, -0.25) is 0 Å². The lowest BCUT2D eigenvalue weighted by molar-refractivity contribution is 0.0517. The number of piperidine rings is 1. The van der Waals surface area contributed by atoms with Crippen LogP contribution in [-0.4, -0.2) is 31.3 Å². The third-order valence-corrected chi connectivity index (χ3v) is 4.40. The Bertz CT molecular complexity index is 317. The van der Waals surface area contributed by atoms with Crippen LogP contribution < -0.4 is 10.6 Å². The van der Waals surface area contributed by atoms with Gasteiger partial charge in [-0.15, -0.1) is 0 Å². The maximum Gasteiger partial charge on any atom is 0.407 e. The van der Waals surface area contributed by atoms with Crippen LogP contribution >= 0.6 is 0 Å². The molecule has 2 fully saturated rings. The lowest BCUT2D eigenvalue weighted by Gasteiger charge is -2.34. The van der Waals surface area contributed by atoms with Crippen LogP contribution in [-0.2, 0) is 4.74 Å². The molecule has 1 aliphatic carbocycles. The van der Waals surface area contributed by atoms with Crippen molar-refractivity contribution in [3.05, 3.63) is 0 Å². The first kappa shape index (κ1) is 14.6. The summed E-state index contributed by atoms with van der Waals surface area (Å²) in [4.78, 5) is 11.6. The number of hydrogen-bond acceptors (Lipinski definition) is 3. The largest absolute Gasteiger partial charge is 0.444 e. The molecule has 2 rings (SSSR count). The van der Waals surface area contributed by atoms with Crippen LogP contribution in [0.2, 0.25) is 0 Å². The van der Waals surface area contributed by atoms with Gasteiger partial charge in [-0.25, -0.2) is 4.79 Å². The molecule has 1 spiro atoms. The smallest absolute Gasteiger partial charge is 0.407 e. The maximum atomic E-state index is 11.6. The van der Waals surface area contributed by atoms with E-state index < -0.39 is 5.60 Å². The fourth-order valence-corrected chi connectivity index (χ4v) is 3.45. The molecule has 0 radical (unpaired) electrons. The van der Waals surface area contributed by atoms with Crippen molar-refractivity contribution < 1.29 is 9.53 Å². The van der Waals surface area contributed by atoms with E-state index in [-0.39, 0.29) is 6.09 Å². The van der Waals surface area contributed by atoms with Gasteiger partial charge in [-0.2, -0.15) is 0 Å². The first-order valence-electron chi connectivity index (χ1n) is 7.56. The summed E-state index contributed by atoms with van der Waals surface area (Å²) in [5, 5.41) is 6.36. The zero-order chi connectivity index (χ0) is 13.9. The summed E-state index contributed by atoms with van der Waals surface area (Å²) in [6.45, 7) is 8.77. The lowest BCUT2D eigenvalue weighted by Crippen LogP contribution is -2.37. The molecule has 19 heavy (non-hydrogen) atoms. The monoisotopic (exact) mass is 268 g/mol. The summed E-state index contributed by atoms with van der Waals surface area (Å²) >= 11 is 0. The van der Waals surface area contributed by atoms with Crippen molar-refractivity contribution in [2.24, 2.45) is 11.3 Å². The molecule has 1 atom stereocenters. The highest BCUT2D eigenvalue weighted by Crippen LogP contribution is 2.47. The van der Waals surface area contributed by atoms with E-state index in [9.17, 15) is 4.79 Å². The Morgan fingerprint density at radius 1 is 1.32 bits per heavy atom. The van der Waals surface area contributed by atoms with Gasteiger partial charge in [-0.1, -0.05) is 0 Å². The molecule has 0 bridgehead atoms. The van der Waals surface area contributed by atoms with Crippen LogP contribution in [0.25, 0.3) is 0 Å².